The fourth-order valence-electron chi connectivity index (χ4n) is 3.59. The van der Waals surface area contributed by atoms with Gasteiger partial charge in [-0.3, -0.25) is 19.4 Å². The molecule has 1 aromatic rings. The summed E-state index contributed by atoms with van der Waals surface area (Å²) in [5.74, 6) is -4.08. The Bertz CT molecular complexity index is 997. The molecule has 0 aliphatic heterocycles. The number of amides is 3. The van der Waals surface area contributed by atoms with Crippen LogP contribution in [-0.4, -0.2) is 81.8 Å². The molecule has 0 radical (unpaired) electrons. The van der Waals surface area contributed by atoms with Crippen molar-refractivity contribution in [1.82, 2.24) is 16.0 Å². The van der Waals surface area contributed by atoms with Gasteiger partial charge in [-0.1, -0.05) is 32.4 Å². The predicted molar refractivity (Wildman–Crippen MR) is 144 cm³/mol. The number of carboxylic acid groups (broad SMARTS) is 1. The third-order valence-electron chi connectivity index (χ3n) is 6.15. The number of guanidine groups is 1. The summed E-state index contributed by atoms with van der Waals surface area (Å²) in [5, 5.41) is 36.6. The first kappa shape index (κ1) is 33.1. The molecular weight excluding hydrogens is 510 g/mol. The van der Waals surface area contributed by atoms with Gasteiger partial charge in [-0.15, -0.1) is 0 Å². The Hall–Kier alpha value is -3.91. The molecule has 6 unspecified atom stereocenters. The number of carbonyl (C=O) groups is 4. The first-order valence-corrected chi connectivity index (χ1v) is 12.7. The third-order valence-corrected chi connectivity index (χ3v) is 6.15. The first-order valence-electron chi connectivity index (χ1n) is 12.7. The highest BCUT2D eigenvalue weighted by molar-refractivity contribution is 5.94. The zero-order valence-electron chi connectivity index (χ0n) is 22.5. The van der Waals surface area contributed by atoms with Gasteiger partial charge in [0.2, 0.25) is 17.7 Å². The molecule has 0 saturated heterocycles. The summed E-state index contributed by atoms with van der Waals surface area (Å²) in [6.07, 6.45) is -0.316. The molecule has 0 aliphatic rings. The Labute approximate surface area is 227 Å². The van der Waals surface area contributed by atoms with E-state index in [0.29, 0.717) is 18.4 Å². The summed E-state index contributed by atoms with van der Waals surface area (Å²) in [4.78, 5) is 54.4. The van der Waals surface area contributed by atoms with Crippen molar-refractivity contribution in [3.63, 3.8) is 0 Å². The van der Waals surface area contributed by atoms with Gasteiger partial charge in [-0.2, -0.15) is 0 Å². The van der Waals surface area contributed by atoms with Gasteiger partial charge in [0.25, 0.3) is 0 Å². The van der Waals surface area contributed by atoms with Crippen molar-refractivity contribution in [2.45, 2.75) is 76.7 Å². The fourth-order valence-corrected chi connectivity index (χ4v) is 3.59. The van der Waals surface area contributed by atoms with Crippen LogP contribution >= 0.6 is 0 Å². The van der Waals surface area contributed by atoms with Gasteiger partial charge in [0, 0.05) is 13.0 Å². The lowest BCUT2D eigenvalue weighted by Gasteiger charge is -2.28. The minimum atomic E-state index is -1.50. The molecule has 6 atom stereocenters. The van der Waals surface area contributed by atoms with Gasteiger partial charge >= 0.3 is 5.97 Å². The summed E-state index contributed by atoms with van der Waals surface area (Å²) < 4.78 is 0. The van der Waals surface area contributed by atoms with Crippen molar-refractivity contribution in [1.29, 1.82) is 0 Å². The Morgan fingerprint density at radius 1 is 0.949 bits per heavy atom. The number of rotatable bonds is 16. The monoisotopic (exact) mass is 551 g/mol. The standard InChI is InChI=1S/C25H41N7O7/c1-4-13(2)19(24(38)39)31-23(37)20(14(3)33)32-22(36)18(12-15-7-9-16(34)10-8-15)30-21(35)17(26)6-5-11-29-25(27)28/h7-10,13-14,17-20,33-34H,4-6,11-12,26H2,1-3H3,(H,30,35)(H,31,37)(H,32,36)(H,38,39)(H4,27,28,29). The summed E-state index contributed by atoms with van der Waals surface area (Å²) in [6.45, 7) is 4.95. The molecule has 1 rings (SSSR count). The normalized spacial score (nSPS) is 15.5. The zero-order chi connectivity index (χ0) is 29.7. The van der Waals surface area contributed by atoms with E-state index in [9.17, 15) is 34.5 Å². The maximum absolute atomic E-state index is 13.3. The number of aliphatic hydroxyl groups is 1. The molecule has 14 heteroatoms. The predicted octanol–water partition coefficient (Wildman–Crippen LogP) is -1.72. The number of hydrogen-bond acceptors (Lipinski definition) is 8. The number of carbonyl (C=O) groups excluding carboxylic acids is 3. The number of aromatic hydroxyl groups is 1. The largest absolute Gasteiger partial charge is 0.508 e. The van der Waals surface area contributed by atoms with Crippen LogP contribution < -0.4 is 33.2 Å². The Kier molecular flexibility index (Phi) is 13.7. The number of nitrogens with zero attached hydrogens (tertiary/aromatic N) is 1. The van der Waals surface area contributed by atoms with Crippen LogP contribution in [0.4, 0.5) is 0 Å². The van der Waals surface area contributed by atoms with E-state index < -0.39 is 59.9 Å². The van der Waals surface area contributed by atoms with E-state index in [-0.39, 0.29) is 31.1 Å². The number of hydrogen-bond donors (Lipinski definition) is 9. The van der Waals surface area contributed by atoms with Gasteiger partial charge in [-0.25, -0.2) is 4.79 Å². The van der Waals surface area contributed by atoms with Crippen molar-refractivity contribution in [2.75, 3.05) is 6.54 Å². The van der Waals surface area contributed by atoms with Crippen LogP contribution in [0, 0.1) is 5.92 Å². The number of phenols is 1. The number of carboxylic acids is 1. The molecular formula is C25H41N7O7. The average Bonchev–Trinajstić information content (AvgIpc) is 2.87. The second-order valence-corrected chi connectivity index (χ2v) is 9.42. The topological polar surface area (TPSA) is 255 Å². The number of aliphatic hydroxyl groups excluding tert-OH is 1. The summed E-state index contributed by atoms with van der Waals surface area (Å²) in [5.41, 5.74) is 17.1. The fraction of sp³-hybridized carbons (Fsp3) is 0.560. The number of nitrogens with two attached hydrogens (primary N) is 3. The molecule has 0 spiro atoms. The molecule has 0 bridgehead atoms. The van der Waals surface area contributed by atoms with Crippen molar-refractivity contribution in [3.8, 4) is 5.75 Å². The van der Waals surface area contributed by atoms with Crippen LogP contribution in [0.3, 0.4) is 0 Å². The van der Waals surface area contributed by atoms with Gasteiger partial charge in [0.1, 0.15) is 23.9 Å². The lowest BCUT2D eigenvalue weighted by atomic mass is 9.98. The van der Waals surface area contributed by atoms with Crippen LogP contribution in [0.5, 0.6) is 5.75 Å². The van der Waals surface area contributed by atoms with Crippen LogP contribution in [0.1, 0.15) is 45.6 Å². The van der Waals surface area contributed by atoms with Crippen LogP contribution in [0.25, 0.3) is 0 Å². The SMILES string of the molecule is CCC(C)C(NC(=O)C(NC(=O)C(Cc1ccc(O)cc1)NC(=O)C(N)CCCN=C(N)N)C(C)O)C(=O)O. The molecule has 0 aromatic heterocycles. The summed E-state index contributed by atoms with van der Waals surface area (Å²) >= 11 is 0. The lowest BCUT2D eigenvalue weighted by molar-refractivity contribution is -0.144. The van der Waals surface area contributed by atoms with E-state index in [1.165, 1.54) is 19.1 Å². The van der Waals surface area contributed by atoms with Gasteiger partial charge in [-0.05, 0) is 43.4 Å². The molecule has 0 aliphatic carbocycles. The molecule has 218 valence electrons. The highest BCUT2D eigenvalue weighted by Crippen LogP contribution is 2.13. The van der Waals surface area contributed by atoms with Gasteiger partial charge < -0.3 is 48.5 Å². The van der Waals surface area contributed by atoms with Gasteiger partial charge in [0.15, 0.2) is 5.96 Å². The van der Waals surface area contributed by atoms with Crippen molar-refractivity contribution in [2.24, 2.45) is 28.1 Å². The van der Waals surface area contributed by atoms with E-state index >= 15 is 0 Å². The molecule has 12 N–H and O–H groups in total. The number of aliphatic carboxylic acids is 1. The van der Waals surface area contributed by atoms with E-state index in [0.717, 1.165) is 0 Å². The molecule has 0 heterocycles. The number of nitrogens with one attached hydrogen (secondary N) is 3. The Morgan fingerprint density at radius 2 is 1.54 bits per heavy atom. The maximum Gasteiger partial charge on any atom is 0.326 e. The number of aliphatic imine (C=N–C) groups is 1. The molecule has 3 amide bonds. The third kappa shape index (κ3) is 11.6. The van der Waals surface area contributed by atoms with Crippen LogP contribution in [0.2, 0.25) is 0 Å². The summed E-state index contributed by atoms with van der Waals surface area (Å²) in [6, 6.07) is 0.990. The quantitative estimate of drug-likeness (QED) is 0.0638. The first-order chi connectivity index (χ1) is 18.3. The highest BCUT2D eigenvalue weighted by Gasteiger charge is 2.34. The zero-order valence-corrected chi connectivity index (χ0v) is 22.5. The van der Waals surface area contributed by atoms with Crippen LogP contribution in [-0.2, 0) is 25.6 Å². The smallest absolute Gasteiger partial charge is 0.326 e. The average molecular weight is 552 g/mol. The van der Waals surface area contributed by atoms with E-state index in [4.69, 9.17) is 17.2 Å². The molecule has 14 nitrogen and oxygen atoms in total. The van der Waals surface area contributed by atoms with Crippen molar-refractivity contribution < 1.29 is 34.5 Å². The molecule has 39 heavy (non-hydrogen) atoms. The maximum atomic E-state index is 13.3. The number of phenolic OH excluding ortho intramolecular Hbond substituents is 1. The van der Waals surface area contributed by atoms with E-state index in [1.807, 2.05) is 0 Å². The van der Waals surface area contributed by atoms with Gasteiger partial charge in [0.05, 0.1) is 12.1 Å². The molecule has 0 saturated carbocycles. The van der Waals surface area contributed by atoms with E-state index in [2.05, 4.69) is 20.9 Å². The second kappa shape index (κ2) is 16.1. The highest BCUT2D eigenvalue weighted by atomic mass is 16.4. The van der Waals surface area contributed by atoms with Crippen LogP contribution in [0.15, 0.2) is 29.3 Å². The van der Waals surface area contributed by atoms with E-state index in [1.54, 1.807) is 26.0 Å². The molecule has 0 fully saturated rings. The minimum Gasteiger partial charge on any atom is -0.508 e. The summed E-state index contributed by atoms with van der Waals surface area (Å²) in [7, 11) is 0. The Morgan fingerprint density at radius 3 is 2.05 bits per heavy atom. The second-order valence-electron chi connectivity index (χ2n) is 9.42. The number of benzene rings is 1. The minimum absolute atomic E-state index is 0.00622. The molecule has 1 aromatic carbocycles. The lowest BCUT2D eigenvalue weighted by Crippen LogP contribution is -2.60. The van der Waals surface area contributed by atoms with Crippen molar-refractivity contribution >= 4 is 29.7 Å². The van der Waals surface area contributed by atoms with Crippen molar-refractivity contribution in [3.05, 3.63) is 29.8 Å². The Balaban J connectivity index is 3.07.